The van der Waals surface area contributed by atoms with E-state index in [4.69, 9.17) is 11.6 Å². The number of halogens is 1. The zero-order valence-corrected chi connectivity index (χ0v) is 19.3. The van der Waals surface area contributed by atoms with E-state index in [1.54, 1.807) is 29.3 Å². The molecule has 6 rings (SSSR count). The number of Topliss-reactive ketones (excluding diaryl/α,β-unsaturated/α-hetero) is 1. The van der Waals surface area contributed by atoms with Crippen LogP contribution < -0.4 is 15.8 Å². The molecule has 0 saturated heterocycles. The van der Waals surface area contributed by atoms with Gasteiger partial charge in [0.05, 0.1) is 17.0 Å². The Morgan fingerprint density at radius 1 is 0.771 bits per heavy atom. The maximum absolute atomic E-state index is 14.3. The number of nitrogens with zero attached hydrogens (tertiary/aromatic N) is 1. The van der Waals surface area contributed by atoms with Gasteiger partial charge in [-0.2, -0.15) is 0 Å². The lowest BCUT2D eigenvalue weighted by Gasteiger charge is -2.36. The van der Waals surface area contributed by atoms with E-state index in [-0.39, 0.29) is 11.7 Å². The van der Waals surface area contributed by atoms with E-state index in [2.05, 4.69) is 10.7 Å². The third kappa shape index (κ3) is 3.16. The third-order valence-corrected chi connectivity index (χ3v) is 6.73. The van der Waals surface area contributed by atoms with E-state index in [0.29, 0.717) is 33.1 Å². The number of carbonyl (C=O) groups is 2. The molecule has 0 fully saturated rings. The van der Waals surface area contributed by atoms with Crippen LogP contribution in [0.3, 0.4) is 0 Å². The fourth-order valence-corrected chi connectivity index (χ4v) is 5.06. The van der Waals surface area contributed by atoms with Gasteiger partial charge in [-0.25, -0.2) is 0 Å². The third-order valence-electron chi connectivity index (χ3n) is 6.47. The van der Waals surface area contributed by atoms with Crippen molar-refractivity contribution in [1.29, 1.82) is 0 Å². The average molecular weight is 478 g/mol. The standard InChI is InChI=1S/C29H20ClN3O2/c30-21-17-15-19(16-18-21)26-25(27(34)20-9-3-1-4-10-20)29(33(32-26)22-11-5-2-6-12-22)23-13-7-8-14-24(23)31-28(29)35/h1-18,32H,(H,31,35). The van der Waals surface area contributed by atoms with Crippen molar-refractivity contribution in [1.82, 2.24) is 5.43 Å². The van der Waals surface area contributed by atoms with Gasteiger partial charge < -0.3 is 5.32 Å². The average Bonchev–Trinajstić information content (AvgIpc) is 3.41. The molecule has 1 amide bonds. The van der Waals surface area contributed by atoms with Crippen LogP contribution in [-0.4, -0.2) is 11.7 Å². The number of rotatable bonds is 4. The van der Waals surface area contributed by atoms with Crippen LogP contribution in [0.15, 0.2) is 115 Å². The molecule has 2 aliphatic rings. The van der Waals surface area contributed by atoms with E-state index >= 15 is 0 Å². The zero-order valence-electron chi connectivity index (χ0n) is 18.5. The van der Waals surface area contributed by atoms with Crippen molar-refractivity contribution in [3.05, 3.63) is 136 Å². The number of hydrogen-bond donors (Lipinski definition) is 2. The Morgan fingerprint density at radius 3 is 2.11 bits per heavy atom. The van der Waals surface area contributed by atoms with Gasteiger partial charge in [0.2, 0.25) is 0 Å². The molecule has 0 bridgehead atoms. The monoisotopic (exact) mass is 477 g/mol. The summed E-state index contributed by atoms with van der Waals surface area (Å²) in [4.78, 5) is 28.3. The van der Waals surface area contributed by atoms with Gasteiger partial charge in [0.15, 0.2) is 11.3 Å². The highest BCUT2D eigenvalue weighted by Crippen LogP contribution is 2.52. The van der Waals surface area contributed by atoms with Gasteiger partial charge in [-0.05, 0) is 30.3 Å². The first kappa shape index (κ1) is 21.2. The largest absolute Gasteiger partial charge is 0.323 e. The zero-order chi connectivity index (χ0) is 24.0. The van der Waals surface area contributed by atoms with Gasteiger partial charge in [-0.3, -0.25) is 20.0 Å². The topological polar surface area (TPSA) is 61.4 Å². The van der Waals surface area contributed by atoms with Gasteiger partial charge in [-0.15, -0.1) is 0 Å². The molecule has 4 aromatic carbocycles. The van der Waals surface area contributed by atoms with Crippen LogP contribution in [0.4, 0.5) is 11.4 Å². The van der Waals surface area contributed by atoms with Crippen LogP contribution in [-0.2, 0) is 10.3 Å². The lowest BCUT2D eigenvalue weighted by atomic mass is 9.78. The molecule has 5 nitrogen and oxygen atoms in total. The Labute approximate surface area is 207 Å². The summed E-state index contributed by atoms with van der Waals surface area (Å²) in [6.45, 7) is 0. The van der Waals surface area contributed by atoms with Crippen LogP contribution in [0.1, 0.15) is 21.5 Å². The maximum Gasteiger partial charge on any atom is 0.261 e. The summed E-state index contributed by atoms with van der Waals surface area (Å²) in [5, 5.41) is 5.40. The van der Waals surface area contributed by atoms with Crippen LogP contribution in [0.2, 0.25) is 5.02 Å². The van der Waals surface area contributed by atoms with E-state index in [0.717, 1.165) is 11.3 Å². The van der Waals surface area contributed by atoms with Crippen molar-refractivity contribution >= 4 is 40.4 Å². The van der Waals surface area contributed by atoms with Gasteiger partial charge in [0, 0.05) is 27.4 Å². The van der Waals surface area contributed by atoms with E-state index in [9.17, 15) is 9.59 Å². The van der Waals surface area contributed by atoms with Crippen molar-refractivity contribution in [2.24, 2.45) is 0 Å². The van der Waals surface area contributed by atoms with E-state index in [1.165, 1.54) is 0 Å². The van der Waals surface area contributed by atoms with Crippen LogP contribution in [0.25, 0.3) is 5.70 Å². The second-order valence-corrected chi connectivity index (χ2v) is 8.88. The summed E-state index contributed by atoms with van der Waals surface area (Å²) in [5.74, 6) is -0.522. The highest BCUT2D eigenvalue weighted by Gasteiger charge is 2.61. The van der Waals surface area contributed by atoms with Gasteiger partial charge in [0.1, 0.15) is 0 Å². The van der Waals surface area contributed by atoms with Crippen molar-refractivity contribution < 1.29 is 9.59 Å². The minimum atomic E-state index is -1.42. The summed E-state index contributed by atoms with van der Waals surface area (Å²) in [6, 6.07) is 33.4. The molecule has 6 heteroatoms. The highest BCUT2D eigenvalue weighted by molar-refractivity contribution is 6.30. The molecular weight excluding hydrogens is 458 g/mol. The molecule has 1 spiro atoms. The minimum absolute atomic E-state index is 0.228. The molecule has 2 N–H and O–H groups in total. The first-order valence-electron chi connectivity index (χ1n) is 11.2. The summed E-state index contributed by atoms with van der Waals surface area (Å²) in [7, 11) is 0. The van der Waals surface area contributed by atoms with Crippen LogP contribution >= 0.6 is 11.6 Å². The van der Waals surface area contributed by atoms with Crippen molar-refractivity contribution in [2.45, 2.75) is 5.54 Å². The highest BCUT2D eigenvalue weighted by atomic mass is 35.5. The van der Waals surface area contributed by atoms with E-state index < -0.39 is 5.54 Å². The van der Waals surface area contributed by atoms with Crippen molar-refractivity contribution in [3.8, 4) is 0 Å². The van der Waals surface area contributed by atoms with Crippen LogP contribution in [0.5, 0.6) is 0 Å². The Kier molecular flexibility index (Phi) is 4.94. The molecule has 1 unspecified atom stereocenters. The first-order valence-corrected chi connectivity index (χ1v) is 11.6. The summed E-state index contributed by atoms with van der Waals surface area (Å²) >= 11 is 6.17. The van der Waals surface area contributed by atoms with Gasteiger partial charge >= 0.3 is 0 Å². The number of ketones is 1. The van der Waals surface area contributed by atoms with Crippen LogP contribution in [0, 0.1) is 0 Å². The molecule has 0 radical (unpaired) electrons. The Morgan fingerprint density at radius 2 is 1.40 bits per heavy atom. The number of amides is 1. The normalized spacial score (nSPS) is 18.4. The molecule has 2 aliphatic heterocycles. The molecule has 35 heavy (non-hydrogen) atoms. The Hall–Kier alpha value is -4.35. The number of benzene rings is 4. The summed E-state index contributed by atoms with van der Waals surface area (Å²) in [5.41, 5.74) is 6.34. The van der Waals surface area contributed by atoms with Crippen molar-refractivity contribution in [2.75, 3.05) is 10.3 Å². The second kappa shape index (κ2) is 8.15. The fraction of sp³-hybridized carbons (Fsp3) is 0.0345. The molecule has 0 saturated carbocycles. The summed E-state index contributed by atoms with van der Waals surface area (Å²) in [6.07, 6.45) is 0. The number of hydrazine groups is 1. The molecule has 4 aromatic rings. The number of nitrogens with one attached hydrogen (secondary N) is 2. The lowest BCUT2D eigenvalue weighted by Crippen LogP contribution is -2.54. The van der Waals surface area contributed by atoms with Gasteiger partial charge in [0.25, 0.3) is 5.91 Å². The smallest absolute Gasteiger partial charge is 0.261 e. The molecule has 2 heterocycles. The van der Waals surface area contributed by atoms with E-state index in [1.807, 2.05) is 84.9 Å². The number of para-hydroxylation sites is 2. The lowest BCUT2D eigenvalue weighted by molar-refractivity contribution is -0.119. The second-order valence-electron chi connectivity index (χ2n) is 8.44. The molecule has 170 valence electrons. The van der Waals surface area contributed by atoms with Crippen molar-refractivity contribution in [3.63, 3.8) is 0 Å². The quantitative estimate of drug-likeness (QED) is 0.364. The maximum atomic E-state index is 14.3. The molecule has 1 atom stereocenters. The molecular formula is C29H20ClN3O2. The summed E-state index contributed by atoms with van der Waals surface area (Å²) < 4.78 is 0. The molecule has 0 aliphatic carbocycles. The fourth-order valence-electron chi connectivity index (χ4n) is 4.93. The number of anilines is 2. The SMILES string of the molecule is O=C(C1=C(c2ccc(Cl)cc2)NN(c2ccccc2)C12C(=O)Nc1ccccc12)c1ccccc1. The Bertz CT molecular complexity index is 1480. The van der Waals surface area contributed by atoms with Gasteiger partial charge in [-0.1, -0.05) is 90.5 Å². The molecule has 0 aromatic heterocycles. The first-order chi connectivity index (χ1) is 17.1. The number of carbonyl (C=O) groups excluding carboxylic acids is 2. The predicted octanol–water partition coefficient (Wildman–Crippen LogP) is 5.81. The number of hydrogen-bond acceptors (Lipinski definition) is 4. The minimum Gasteiger partial charge on any atom is -0.323 e. The predicted molar refractivity (Wildman–Crippen MR) is 138 cm³/mol. The Balaban J connectivity index is 1.69. The number of fused-ring (bicyclic) bond motifs is 2.